The lowest BCUT2D eigenvalue weighted by Crippen LogP contribution is -2.41. The molecule has 0 aromatic heterocycles. The molecule has 0 bridgehead atoms. The maximum atomic E-state index is 13.2. The Morgan fingerprint density at radius 3 is 2.59 bits per heavy atom. The molecule has 27 heavy (non-hydrogen) atoms. The van der Waals surface area contributed by atoms with Crippen LogP contribution in [0.25, 0.3) is 0 Å². The van der Waals surface area contributed by atoms with Crippen LogP contribution in [0.3, 0.4) is 0 Å². The van der Waals surface area contributed by atoms with E-state index in [1.54, 1.807) is 0 Å². The number of amides is 2. The van der Waals surface area contributed by atoms with E-state index in [1.165, 1.54) is 12.0 Å². The first kappa shape index (κ1) is 19.4. The summed E-state index contributed by atoms with van der Waals surface area (Å²) in [5.74, 6) is -0.910. The van der Waals surface area contributed by atoms with Crippen LogP contribution in [0.2, 0.25) is 0 Å². The second-order valence-electron chi connectivity index (χ2n) is 7.58. The Morgan fingerprint density at radius 2 is 1.93 bits per heavy atom. The lowest BCUT2D eigenvalue weighted by Gasteiger charge is -2.27. The predicted octanol–water partition coefficient (Wildman–Crippen LogP) is 2.29. The smallest absolute Gasteiger partial charge is 0.325 e. The summed E-state index contributed by atoms with van der Waals surface area (Å²) in [5.41, 5.74) is 2.06. The average Bonchev–Trinajstić information content (AvgIpc) is 3.31. The molecule has 1 saturated carbocycles. The molecule has 146 valence electrons. The van der Waals surface area contributed by atoms with Gasteiger partial charge in [0, 0.05) is 25.6 Å². The van der Waals surface area contributed by atoms with Gasteiger partial charge in [0.05, 0.1) is 13.0 Å². The number of benzene rings is 1. The van der Waals surface area contributed by atoms with Crippen LogP contribution in [-0.4, -0.2) is 53.8 Å². The number of aryl methyl sites for hydroxylation is 1. The molecule has 3 rings (SSSR count). The Bertz CT molecular complexity index is 712. The number of hydrogen-bond acceptors (Lipinski definition) is 4. The van der Waals surface area contributed by atoms with E-state index >= 15 is 0 Å². The minimum atomic E-state index is -0.450. The van der Waals surface area contributed by atoms with Crippen molar-refractivity contribution in [2.75, 3.05) is 20.2 Å². The van der Waals surface area contributed by atoms with Gasteiger partial charge < -0.3 is 14.5 Å². The number of nitrogens with zero attached hydrogens (tertiary/aromatic N) is 2. The molecule has 1 aromatic carbocycles. The zero-order valence-corrected chi connectivity index (χ0v) is 16.1. The number of carbonyl (C=O) groups is 3. The monoisotopic (exact) mass is 372 g/mol. The third-order valence-corrected chi connectivity index (χ3v) is 5.75. The van der Waals surface area contributed by atoms with E-state index in [2.05, 4.69) is 0 Å². The van der Waals surface area contributed by atoms with Crippen LogP contribution in [0.1, 0.15) is 43.2 Å². The summed E-state index contributed by atoms with van der Waals surface area (Å²) in [6.07, 6.45) is 4.59. The zero-order valence-electron chi connectivity index (χ0n) is 16.1. The summed E-state index contributed by atoms with van der Waals surface area (Å²) >= 11 is 0. The van der Waals surface area contributed by atoms with E-state index in [1.807, 2.05) is 36.1 Å². The molecule has 0 N–H and O–H groups in total. The van der Waals surface area contributed by atoms with Crippen LogP contribution >= 0.6 is 0 Å². The molecule has 2 aliphatic rings. The standard InChI is InChI=1S/C21H28N2O4/c1-15-7-3-4-8-16(15)12-22(14-20(25)27-2)21(26)17-11-19(24)23(13-17)18-9-5-6-10-18/h3-4,7-8,17-18H,5-6,9-14H2,1-2H3. The van der Waals surface area contributed by atoms with Crippen LogP contribution in [0.15, 0.2) is 24.3 Å². The third-order valence-electron chi connectivity index (χ3n) is 5.75. The van der Waals surface area contributed by atoms with E-state index in [-0.39, 0.29) is 36.7 Å². The van der Waals surface area contributed by atoms with Crippen molar-refractivity contribution < 1.29 is 19.1 Å². The van der Waals surface area contributed by atoms with Crippen molar-refractivity contribution in [3.63, 3.8) is 0 Å². The number of likely N-dealkylation sites (tertiary alicyclic amines) is 1. The van der Waals surface area contributed by atoms with Gasteiger partial charge in [-0.3, -0.25) is 14.4 Å². The number of methoxy groups -OCH3 is 1. The Balaban J connectivity index is 1.73. The molecule has 0 spiro atoms. The summed E-state index contributed by atoms with van der Waals surface area (Å²) in [6.45, 7) is 2.69. The third kappa shape index (κ3) is 4.49. The van der Waals surface area contributed by atoms with Gasteiger partial charge in [-0.1, -0.05) is 37.1 Å². The van der Waals surface area contributed by atoms with Crippen molar-refractivity contribution in [1.82, 2.24) is 9.80 Å². The van der Waals surface area contributed by atoms with Gasteiger partial charge >= 0.3 is 5.97 Å². The van der Waals surface area contributed by atoms with Gasteiger partial charge in [-0.2, -0.15) is 0 Å². The lowest BCUT2D eigenvalue weighted by atomic mass is 10.0. The van der Waals surface area contributed by atoms with E-state index in [4.69, 9.17) is 4.74 Å². The Kier molecular flexibility index (Phi) is 6.14. The summed E-state index contributed by atoms with van der Waals surface area (Å²) in [7, 11) is 1.32. The maximum Gasteiger partial charge on any atom is 0.325 e. The van der Waals surface area contributed by atoms with Crippen LogP contribution in [0.4, 0.5) is 0 Å². The number of carbonyl (C=O) groups excluding carboxylic acids is 3. The Morgan fingerprint density at radius 1 is 1.22 bits per heavy atom. The molecular weight excluding hydrogens is 344 g/mol. The molecule has 2 fully saturated rings. The highest BCUT2D eigenvalue weighted by atomic mass is 16.5. The van der Waals surface area contributed by atoms with Gasteiger partial charge in [-0.25, -0.2) is 0 Å². The molecule has 1 aromatic rings. The molecule has 1 heterocycles. The Hall–Kier alpha value is -2.37. The van der Waals surface area contributed by atoms with E-state index in [0.29, 0.717) is 13.1 Å². The van der Waals surface area contributed by atoms with Crippen molar-refractivity contribution >= 4 is 17.8 Å². The molecule has 1 atom stereocenters. The summed E-state index contributed by atoms with van der Waals surface area (Å²) < 4.78 is 4.77. The van der Waals surface area contributed by atoms with E-state index in [0.717, 1.165) is 36.8 Å². The number of rotatable bonds is 6. The van der Waals surface area contributed by atoms with Crippen molar-refractivity contribution in [3.8, 4) is 0 Å². The van der Waals surface area contributed by atoms with Gasteiger partial charge in [0.2, 0.25) is 11.8 Å². The van der Waals surface area contributed by atoms with Crippen LogP contribution < -0.4 is 0 Å². The van der Waals surface area contributed by atoms with Crippen molar-refractivity contribution in [3.05, 3.63) is 35.4 Å². The molecule has 2 amide bonds. The largest absolute Gasteiger partial charge is 0.468 e. The first-order chi connectivity index (χ1) is 13.0. The highest BCUT2D eigenvalue weighted by Gasteiger charge is 2.40. The van der Waals surface area contributed by atoms with Crippen molar-refractivity contribution in [2.45, 2.75) is 51.6 Å². The minimum absolute atomic E-state index is 0.0640. The first-order valence-corrected chi connectivity index (χ1v) is 9.69. The number of hydrogen-bond donors (Lipinski definition) is 0. The maximum absolute atomic E-state index is 13.2. The SMILES string of the molecule is COC(=O)CN(Cc1ccccc1C)C(=O)C1CC(=O)N(C2CCCC2)C1. The topological polar surface area (TPSA) is 66.9 Å². The molecule has 1 saturated heterocycles. The van der Waals surface area contributed by atoms with E-state index < -0.39 is 5.97 Å². The fourth-order valence-corrected chi connectivity index (χ4v) is 4.15. The molecule has 1 unspecified atom stereocenters. The summed E-state index contributed by atoms with van der Waals surface area (Å²) in [5, 5.41) is 0. The lowest BCUT2D eigenvalue weighted by molar-refractivity contribution is -0.148. The van der Waals surface area contributed by atoms with Crippen molar-refractivity contribution in [1.29, 1.82) is 0 Å². The van der Waals surface area contributed by atoms with Crippen LogP contribution in [0, 0.1) is 12.8 Å². The summed E-state index contributed by atoms with van der Waals surface area (Å²) in [4.78, 5) is 40.9. The van der Waals surface area contributed by atoms with Gasteiger partial charge in [0.25, 0.3) is 0 Å². The van der Waals surface area contributed by atoms with E-state index in [9.17, 15) is 14.4 Å². The highest BCUT2D eigenvalue weighted by molar-refractivity contribution is 5.91. The normalized spacial score (nSPS) is 20.1. The van der Waals surface area contributed by atoms with Gasteiger partial charge in [0.1, 0.15) is 6.54 Å². The van der Waals surface area contributed by atoms with Crippen LogP contribution in [0.5, 0.6) is 0 Å². The summed E-state index contributed by atoms with van der Waals surface area (Å²) in [6, 6.07) is 8.08. The molecule has 6 nitrogen and oxygen atoms in total. The highest BCUT2D eigenvalue weighted by Crippen LogP contribution is 2.30. The molecule has 1 aliphatic carbocycles. The number of esters is 1. The quantitative estimate of drug-likeness (QED) is 0.719. The fraction of sp³-hybridized carbons (Fsp3) is 0.571. The molecular formula is C21H28N2O4. The zero-order chi connectivity index (χ0) is 19.4. The Labute approximate surface area is 160 Å². The second kappa shape index (κ2) is 8.55. The molecule has 6 heteroatoms. The molecule has 0 radical (unpaired) electrons. The van der Waals surface area contributed by atoms with Crippen molar-refractivity contribution in [2.24, 2.45) is 5.92 Å². The first-order valence-electron chi connectivity index (χ1n) is 9.69. The second-order valence-corrected chi connectivity index (χ2v) is 7.58. The fourth-order valence-electron chi connectivity index (χ4n) is 4.15. The van der Waals surface area contributed by atoms with Gasteiger partial charge in [-0.05, 0) is 30.9 Å². The minimum Gasteiger partial charge on any atom is -0.468 e. The molecule has 1 aliphatic heterocycles. The van der Waals surface area contributed by atoms with Gasteiger partial charge in [0.15, 0.2) is 0 Å². The predicted molar refractivity (Wildman–Crippen MR) is 101 cm³/mol. The van der Waals surface area contributed by atoms with Gasteiger partial charge in [-0.15, -0.1) is 0 Å². The number of ether oxygens (including phenoxy) is 1. The van der Waals surface area contributed by atoms with Crippen LogP contribution in [-0.2, 0) is 25.7 Å². The average molecular weight is 372 g/mol.